The van der Waals surface area contributed by atoms with Gasteiger partial charge in [0.1, 0.15) is 0 Å². The van der Waals surface area contributed by atoms with E-state index in [0.29, 0.717) is 0 Å². The summed E-state index contributed by atoms with van der Waals surface area (Å²) in [4.78, 5) is 2.46. The van der Waals surface area contributed by atoms with Crippen molar-refractivity contribution in [1.82, 2.24) is 0 Å². The van der Waals surface area contributed by atoms with Gasteiger partial charge in [-0.15, -0.1) is 0 Å². The van der Waals surface area contributed by atoms with E-state index in [4.69, 9.17) is 11.6 Å². The molecular weight excluding hydrogens is 206 g/mol. The molecule has 0 spiro atoms. The van der Waals surface area contributed by atoms with Crippen LogP contribution in [-0.4, -0.2) is 13.1 Å². The van der Waals surface area contributed by atoms with Crippen LogP contribution < -0.4 is 4.90 Å². The first-order valence-electron chi connectivity index (χ1n) is 5.68. The number of hydrogen-bond donors (Lipinski definition) is 0. The zero-order chi connectivity index (χ0) is 10.8. The number of piperidine rings is 1. The lowest BCUT2D eigenvalue weighted by atomic mass is 9.98. The van der Waals surface area contributed by atoms with Crippen molar-refractivity contribution in [3.63, 3.8) is 0 Å². The zero-order valence-electron chi connectivity index (χ0n) is 9.46. The molecule has 1 saturated heterocycles. The Kier molecular flexibility index (Phi) is 3.20. The van der Waals surface area contributed by atoms with Crippen molar-refractivity contribution in [2.75, 3.05) is 18.0 Å². The number of halogens is 1. The summed E-state index contributed by atoms with van der Waals surface area (Å²) in [6.07, 6.45) is 2.61. The van der Waals surface area contributed by atoms with Crippen LogP contribution in [0.1, 0.15) is 25.3 Å². The Labute approximate surface area is 97.0 Å². The monoisotopic (exact) mass is 223 g/mol. The van der Waals surface area contributed by atoms with Crippen LogP contribution in [0.15, 0.2) is 18.2 Å². The van der Waals surface area contributed by atoms with Crippen molar-refractivity contribution in [2.24, 2.45) is 5.92 Å². The van der Waals surface area contributed by atoms with E-state index in [1.54, 1.807) is 0 Å². The molecule has 0 radical (unpaired) electrons. The summed E-state index contributed by atoms with van der Waals surface area (Å²) in [5, 5.41) is 0.865. The second kappa shape index (κ2) is 4.44. The molecule has 1 nitrogen and oxygen atoms in total. The summed E-state index contributed by atoms with van der Waals surface area (Å²) >= 11 is 6.02. The van der Waals surface area contributed by atoms with Gasteiger partial charge in [0.15, 0.2) is 0 Å². The van der Waals surface area contributed by atoms with E-state index in [1.165, 1.54) is 37.2 Å². The molecule has 1 aliphatic heterocycles. The van der Waals surface area contributed by atoms with Crippen LogP contribution in [0.3, 0.4) is 0 Å². The second-order valence-electron chi connectivity index (χ2n) is 4.60. The number of aryl methyl sites for hydroxylation is 1. The van der Waals surface area contributed by atoms with Crippen molar-refractivity contribution in [3.8, 4) is 0 Å². The molecule has 1 aromatic carbocycles. The van der Waals surface area contributed by atoms with Gasteiger partial charge in [0.25, 0.3) is 0 Å². The Morgan fingerprint density at radius 2 is 1.93 bits per heavy atom. The smallest absolute Gasteiger partial charge is 0.0436 e. The van der Waals surface area contributed by atoms with Gasteiger partial charge >= 0.3 is 0 Å². The van der Waals surface area contributed by atoms with Gasteiger partial charge in [-0.1, -0.05) is 18.5 Å². The van der Waals surface area contributed by atoms with Crippen LogP contribution >= 0.6 is 11.6 Å². The molecule has 0 atom stereocenters. The SMILES string of the molecule is Cc1cc(N2CCC(C)CC2)ccc1Cl. The van der Waals surface area contributed by atoms with Crippen LogP contribution in [0.2, 0.25) is 5.02 Å². The van der Waals surface area contributed by atoms with E-state index in [0.717, 1.165) is 10.9 Å². The maximum absolute atomic E-state index is 6.02. The minimum absolute atomic E-state index is 0.865. The van der Waals surface area contributed by atoms with E-state index in [-0.39, 0.29) is 0 Å². The highest BCUT2D eigenvalue weighted by Gasteiger charge is 2.16. The molecule has 2 rings (SSSR count). The lowest BCUT2D eigenvalue weighted by Crippen LogP contribution is -2.32. The maximum Gasteiger partial charge on any atom is 0.0436 e. The van der Waals surface area contributed by atoms with Gasteiger partial charge in [0.05, 0.1) is 0 Å². The van der Waals surface area contributed by atoms with E-state index in [2.05, 4.69) is 30.9 Å². The Bertz CT molecular complexity index is 340. The molecule has 0 aromatic heterocycles. The molecule has 2 heteroatoms. The summed E-state index contributed by atoms with van der Waals surface area (Å²) < 4.78 is 0. The van der Waals surface area contributed by atoms with Gasteiger partial charge in [0.2, 0.25) is 0 Å². The quantitative estimate of drug-likeness (QED) is 0.699. The Morgan fingerprint density at radius 1 is 1.27 bits per heavy atom. The fourth-order valence-electron chi connectivity index (χ4n) is 2.09. The van der Waals surface area contributed by atoms with Gasteiger partial charge in [0, 0.05) is 23.8 Å². The zero-order valence-corrected chi connectivity index (χ0v) is 10.2. The lowest BCUT2D eigenvalue weighted by molar-refractivity contribution is 0.438. The Morgan fingerprint density at radius 3 is 2.53 bits per heavy atom. The topological polar surface area (TPSA) is 3.24 Å². The highest BCUT2D eigenvalue weighted by atomic mass is 35.5. The first kappa shape index (κ1) is 10.8. The highest BCUT2D eigenvalue weighted by molar-refractivity contribution is 6.31. The summed E-state index contributed by atoms with van der Waals surface area (Å²) in [6, 6.07) is 6.33. The molecule has 0 N–H and O–H groups in total. The molecule has 1 fully saturated rings. The van der Waals surface area contributed by atoms with Crippen molar-refractivity contribution >= 4 is 17.3 Å². The third-order valence-electron chi connectivity index (χ3n) is 3.29. The lowest BCUT2D eigenvalue weighted by Gasteiger charge is -2.32. The molecule has 1 aromatic rings. The minimum Gasteiger partial charge on any atom is -0.372 e. The fourth-order valence-corrected chi connectivity index (χ4v) is 2.21. The van der Waals surface area contributed by atoms with E-state index < -0.39 is 0 Å². The first-order valence-corrected chi connectivity index (χ1v) is 6.05. The van der Waals surface area contributed by atoms with E-state index in [9.17, 15) is 0 Å². The van der Waals surface area contributed by atoms with Crippen LogP contribution in [0.5, 0.6) is 0 Å². The van der Waals surface area contributed by atoms with Crippen molar-refractivity contribution in [1.29, 1.82) is 0 Å². The van der Waals surface area contributed by atoms with Gasteiger partial charge in [-0.25, -0.2) is 0 Å². The summed E-state index contributed by atoms with van der Waals surface area (Å²) in [5.74, 6) is 0.884. The van der Waals surface area contributed by atoms with Crippen molar-refractivity contribution < 1.29 is 0 Å². The molecule has 0 aliphatic carbocycles. The van der Waals surface area contributed by atoms with Crippen LogP contribution in [-0.2, 0) is 0 Å². The van der Waals surface area contributed by atoms with E-state index in [1.807, 2.05) is 6.07 Å². The van der Waals surface area contributed by atoms with Gasteiger partial charge < -0.3 is 4.90 Å². The van der Waals surface area contributed by atoms with Gasteiger partial charge in [-0.05, 0) is 49.4 Å². The number of anilines is 1. The fraction of sp³-hybridized carbons (Fsp3) is 0.538. The third kappa shape index (κ3) is 2.46. The molecule has 0 bridgehead atoms. The average Bonchev–Trinajstić information content (AvgIpc) is 2.23. The Hall–Kier alpha value is -0.690. The number of nitrogens with zero attached hydrogens (tertiary/aromatic N) is 1. The van der Waals surface area contributed by atoms with Gasteiger partial charge in [-0.3, -0.25) is 0 Å². The van der Waals surface area contributed by atoms with Crippen molar-refractivity contribution in [2.45, 2.75) is 26.7 Å². The standard InChI is InChI=1S/C13H18ClN/c1-10-5-7-15(8-6-10)12-3-4-13(14)11(2)9-12/h3-4,9-10H,5-8H2,1-2H3. The van der Waals surface area contributed by atoms with E-state index >= 15 is 0 Å². The minimum atomic E-state index is 0.865. The largest absolute Gasteiger partial charge is 0.372 e. The summed E-state index contributed by atoms with van der Waals surface area (Å²) in [5.41, 5.74) is 2.50. The normalized spacial score (nSPS) is 18.2. The third-order valence-corrected chi connectivity index (χ3v) is 3.71. The molecule has 1 heterocycles. The summed E-state index contributed by atoms with van der Waals surface area (Å²) in [6.45, 7) is 6.77. The average molecular weight is 224 g/mol. The predicted octanol–water partition coefficient (Wildman–Crippen LogP) is 3.88. The highest BCUT2D eigenvalue weighted by Crippen LogP contribution is 2.26. The van der Waals surface area contributed by atoms with Crippen LogP contribution in [0.25, 0.3) is 0 Å². The number of rotatable bonds is 1. The number of hydrogen-bond acceptors (Lipinski definition) is 1. The molecule has 0 amide bonds. The molecule has 0 unspecified atom stereocenters. The van der Waals surface area contributed by atoms with Gasteiger partial charge in [-0.2, -0.15) is 0 Å². The van der Waals surface area contributed by atoms with Crippen molar-refractivity contribution in [3.05, 3.63) is 28.8 Å². The maximum atomic E-state index is 6.02. The van der Waals surface area contributed by atoms with Crippen LogP contribution in [0, 0.1) is 12.8 Å². The molecule has 1 aliphatic rings. The Balaban J connectivity index is 2.12. The molecule has 82 valence electrons. The second-order valence-corrected chi connectivity index (χ2v) is 5.01. The molecule has 15 heavy (non-hydrogen) atoms. The molecule has 0 saturated carbocycles. The first-order chi connectivity index (χ1) is 7.16. The van der Waals surface area contributed by atoms with Crippen LogP contribution in [0.4, 0.5) is 5.69 Å². The number of benzene rings is 1. The predicted molar refractivity (Wildman–Crippen MR) is 66.8 cm³/mol. The molecular formula is C13H18ClN. The summed E-state index contributed by atoms with van der Waals surface area (Å²) in [7, 11) is 0.